The molecule has 19 heavy (non-hydrogen) atoms. The summed E-state index contributed by atoms with van der Waals surface area (Å²) < 4.78 is 5.22. The van der Waals surface area contributed by atoms with Crippen molar-refractivity contribution in [3.63, 3.8) is 0 Å². The Bertz CT molecular complexity index is 582. The van der Waals surface area contributed by atoms with E-state index >= 15 is 0 Å². The van der Waals surface area contributed by atoms with Crippen molar-refractivity contribution in [2.24, 2.45) is 0 Å². The molecule has 0 radical (unpaired) electrons. The number of hydrogen-bond acceptors (Lipinski definition) is 2. The molecule has 1 atom stereocenters. The van der Waals surface area contributed by atoms with Crippen LogP contribution in [-0.4, -0.2) is 12.7 Å². The van der Waals surface area contributed by atoms with E-state index in [1.807, 2.05) is 24.3 Å². The molecule has 2 aromatic rings. The van der Waals surface area contributed by atoms with E-state index in [1.165, 1.54) is 22.3 Å². The third kappa shape index (κ3) is 2.11. The molecule has 0 fully saturated rings. The molecule has 0 aliphatic heterocycles. The molecule has 1 amide bonds. The lowest BCUT2D eigenvalue weighted by Gasteiger charge is -2.13. The second kappa shape index (κ2) is 5.02. The van der Waals surface area contributed by atoms with Crippen LogP contribution >= 0.6 is 9.39 Å². The predicted molar refractivity (Wildman–Crippen MR) is 77.9 cm³/mol. The molecule has 96 valence electrons. The Balaban J connectivity index is 1.98. The average Bonchev–Trinajstić information content (AvgIpc) is 2.79. The largest absolute Gasteiger partial charge is 0.448 e. The van der Waals surface area contributed by atoms with Crippen LogP contribution in [0.5, 0.6) is 0 Å². The summed E-state index contributed by atoms with van der Waals surface area (Å²) in [4.78, 5) is 11.2. The van der Waals surface area contributed by atoms with Gasteiger partial charge in [0.2, 0.25) is 0 Å². The highest BCUT2D eigenvalue weighted by Crippen LogP contribution is 2.44. The van der Waals surface area contributed by atoms with Crippen molar-refractivity contribution in [2.45, 2.75) is 5.92 Å². The van der Waals surface area contributed by atoms with E-state index < -0.39 is 6.09 Å². The maximum Gasteiger partial charge on any atom is 0.410 e. The average molecular weight is 271 g/mol. The molecular formula is C15H14NO2P. The summed E-state index contributed by atoms with van der Waals surface area (Å²) in [6, 6.07) is 16.5. The number of benzene rings is 2. The fourth-order valence-electron chi connectivity index (χ4n) is 2.64. The van der Waals surface area contributed by atoms with Gasteiger partial charge < -0.3 is 9.82 Å². The maximum atomic E-state index is 11.2. The Morgan fingerprint density at radius 2 is 1.58 bits per heavy atom. The van der Waals surface area contributed by atoms with Gasteiger partial charge in [0.25, 0.3) is 0 Å². The monoisotopic (exact) mass is 271 g/mol. The van der Waals surface area contributed by atoms with Gasteiger partial charge in [0, 0.05) is 5.92 Å². The van der Waals surface area contributed by atoms with Crippen LogP contribution in [0.2, 0.25) is 0 Å². The van der Waals surface area contributed by atoms with Crippen LogP contribution in [0.3, 0.4) is 0 Å². The van der Waals surface area contributed by atoms with Crippen LogP contribution in [0.15, 0.2) is 48.5 Å². The van der Waals surface area contributed by atoms with E-state index in [4.69, 9.17) is 4.74 Å². The minimum Gasteiger partial charge on any atom is -0.448 e. The first-order chi connectivity index (χ1) is 9.31. The highest BCUT2D eigenvalue weighted by Gasteiger charge is 2.28. The molecule has 4 heteroatoms. The molecule has 0 aromatic heterocycles. The van der Waals surface area contributed by atoms with E-state index in [0.717, 1.165) is 0 Å². The second-order valence-corrected chi connectivity index (χ2v) is 4.76. The smallest absolute Gasteiger partial charge is 0.410 e. The molecule has 3 rings (SSSR count). The van der Waals surface area contributed by atoms with E-state index in [1.54, 1.807) is 0 Å². The van der Waals surface area contributed by atoms with Gasteiger partial charge in [-0.05, 0) is 31.6 Å². The van der Waals surface area contributed by atoms with Gasteiger partial charge in [0.1, 0.15) is 6.61 Å². The molecule has 1 aliphatic rings. The zero-order valence-corrected chi connectivity index (χ0v) is 11.5. The molecule has 0 bridgehead atoms. The SMILES string of the molecule is O=C(NP)OCC1c2ccccc2-c2ccccc21. The van der Waals surface area contributed by atoms with Crippen molar-refractivity contribution in [2.75, 3.05) is 6.61 Å². The molecule has 0 saturated carbocycles. The lowest BCUT2D eigenvalue weighted by Crippen LogP contribution is -2.17. The minimum atomic E-state index is -0.424. The molecule has 3 nitrogen and oxygen atoms in total. The summed E-state index contributed by atoms with van der Waals surface area (Å²) in [5.74, 6) is 0.120. The van der Waals surface area contributed by atoms with Crippen LogP contribution in [0, 0.1) is 0 Å². The van der Waals surface area contributed by atoms with Gasteiger partial charge >= 0.3 is 6.09 Å². The van der Waals surface area contributed by atoms with Gasteiger partial charge in [0.15, 0.2) is 0 Å². The van der Waals surface area contributed by atoms with Gasteiger partial charge in [-0.1, -0.05) is 48.5 Å². The van der Waals surface area contributed by atoms with Gasteiger partial charge in [-0.15, -0.1) is 0 Å². The Morgan fingerprint density at radius 1 is 1.05 bits per heavy atom. The number of rotatable bonds is 2. The van der Waals surface area contributed by atoms with Crippen LogP contribution in [-0.2, 0) is 4.74 Å². The lowest BCUT2D eigenvalue weighted by atomic mass is 9.98. The van der Waals surface area contributed by atoms with Crippen molar-refractivity contribution < 1.29 is 9.53 Å². The summed E-state index contributed by atoms with van der Waals surface area (Å²) in [7, 11) is 2.14. The normalized spacial score (nSPS) is 12.7. The summed E-state index contributed by atoms with van der Waals surface area (Å²) in [5.41, 5.74) is 4.91. The predicted octanol–water partition coefficient (Wildman–Crippen LogP) is 3.32. The summed E-state index contributed by atoms with van der Waals surface area (Å²) in [6.07, 6.45) is -0.424. The van der Waals surface area contributed by atoms with Crippen molar-refractivity contribution >= 4 is 15.5 Å². The first kappa shape index (κ1) is 12.2. The van der Waals surface area contributed by atoms with E-state index in [9.17, 15) is 4.79 Å². The second-order valence-electron chi connectivity index (χ2n) is 4.47. The van der Waals surface area contributed by atoms with E-state index in [-0.39, 0.29) is 5.92 Å². The quantitative estimate of drug-likeness (QED) is 0.851. The molecule has 0 spiro atoms. The lowest BCUT2D eigenvalue weighted by molar-refractivity contribution is 0.150. The Labute approximate surface area is 114 Å². The minimum absolute atomic E-state index is 0.120. The third-order valence-corrected chi connectivity index (χ3v) is 3.70. The van der Waals surface area contributed by atoms with Crippen LogP contribution < -0.4 is 5.09 Å². The molecule has 0 heterocycles. The first-order valence-electron chi connectivity index (χ1n) is 6.13. The summed E-state index contributed by atoms with van der Waals surface area (Å²) >= 11 is 0. The van der Waals surface area contributed by atoms with Gasteiger partial charge in [-0.3, -0.25) is 0 Å². The third-order valence-electron chi connectivity index (χ3n) is 3.46. The zero-order valence-electron chi connectivity index (χ0n) is 10.3. The topological polar surface area (TPSA) is 38.3 Å². The van der Waals surface area contributed by atoms with Gasteiger partial charge in [-0.25, -0.2) is 4.79 Å². The molecule has 1 unspecified atom stereocenters. The molecular weight excluding hydrogens is 257 g/mol. The molecule has 0 saturated heterocycles. The number of amides is 1. The van der Waals surface area contributed by atoms with E-state index in [0.29, 0.717) is 6.61 Å². The molecule has 1 aliphatic carbocycles. The Hall–Kier alpha value is -1.86. The van der Waals surface area contributed by atoms with Crippen LogP contribution in [0.25, 0.3) is 11.1 Å². The van der Waals surface area contributed by atoms with Crippen molar-refractivity contribution in [3.8, 4) is 11.1 Å². The van der Waals surface area contributed by atoms with Crippen molar-refractivity contribution in [1.82, 2.24) is 5.09 Å². The standard InChI is InChI=1S/C15H14NO2P/c17-15(16-19)18-9-14-12-7-3-1-5-10(12)11-6-2-4-8-13(11)14/h1-8,14H,9,19H2,(H,16,17). The molecule has 2 aromatic carbocycles. The number of hydrogen-bond donors (Lipinski definition) is 1. The fourth-order valence-corrected chi connectivity index (χ4v) is 2.72. The van der Waals surface area contributed by atoms with Gasteiger partial charge in [0.05, 0.1) is 0 Å². The van der Waals surface area contributed by atoms with Gasteiger partial charge in [-0.2, -0.15) is 0 Å². The number of carbonyl (C=O) groups excluding carboxylic acids is 1. The summed E-state index contributed by atoms with van der Waals surface area (Å²) in [5, 5.41) is 2.39. The van der Waals surface area contributed by atoms with Crippen LogP contribution in [0.4, 0.5) is 4.79 Å². The fraction of sp³-hybridized carbons (Fsp3) is 0.133. The number of fused-ring (bicyclic) bond motifs is 3. The highest BCUT2D eigenvalue weighted by atomic mass is 31.0. The summed E-state index contributed by atoms with van der Waals surface area (Å²) in [6.45, 7) is 0.355. The first-order valence-corrected chi connectivity index (χ1v) is 6.70. The number of carbonyl (C=O) groups is 1. The Kier molecular flexibility index (Phi) is 3.22. The maximum absolute atomic E-state index is 11.2. The number of nitrogens with one attached hydrogen (secondary N) is 1. The van der Waals surface area contributed by atoms with Crippen molar-refractivity contribution in [1.29, 1.82) is 0 Å². The van der Waals surface area contributed by atoms with E-state index in [2.05, 4.69) is 38.7 Å². The van der Waals surface area contributed by atoms with Crippen LogP contribution in [0.1, 0.15) is 17.0 Å². The zero-order chi connectivity index (χ0) is 13.2. The number of ether oxygens (including phenoxy) is 1. The Morgan fingerprint density at radius 3 is 2.11 bits per heavy atom. The van der Waals surface area contributed by atoms with Crippen molar-refractivity contribution in [3.05, 3.63) is 59.7 Å². The molecule has 1 N–H and O–H groups in total. The highest BCUT2D eigenvalue weighted by molar-refractivity contribution is 7.15.